The second-order valence-electron chi connectivity index (χ2n) is 14.2. The van der Waals surface area contributed by atoms with E-state index in [4.69, 9.17) is 37.6 Å². The van der Waals surface area contributed by atoms with Crippen LogP contribution in [-0.2, 0) is 20.5 Å². The van der Waals surface area contributed by atoms with Crippen molar-refractivity contribution in [3.8, 4) is 28.3 Å². The van der Waals surface area contributed by atoms with Crippen LogP contribution in [-0.4, -0.2) is 47.1 Å². The number of amides is 1. The molecule has 53 heavy (non-hydrogen) atoms. The van der Waals surface area contributed by atoms with E-state index in [0.717, 1.165) is 83.0 Å². The molecule has 5 heterocycles. The summed E-state index contributed by atoms with van der Waals surface area (Å²) < 4.78 is 17.9. The van der Waals surface area contributed by atoms with Crippen LogP contribution in [0.5, 0.6) is 5.75 Å². The molecule has 7 aromatic rings. The second-order valence-corrected chi connectivity index (χ2v) is 15.0. The van der Waals surface area contributed by atoms with Crippen LogP contribution in [0.1, 0.15) is 63.8 Å². The summed E-state index contributed by atoms with van der Waals surface area (Å²) in [4.78, 5) is 21.4. The number of aryl methyl sites for hydroxylation is 7. The van der Waals surface area contributed by atoms with E-state index >= 15 is 4.79 Å². The van der Waals surface area contributed by atoms with E-state index in [0.29, 0.717) is 36.9 Å². The van der Waals surface area contributed by atoms with Gasteiger partial charge in [-0.3, -0.25) is 14.4 Å². The molecule has 0 bridgehead atoms. The van der Waals surface area contributed by atoms with Crippen molar-refractivity contribution >= 4 is 56.6 Å². The van der Waals surface area contributed by atoms with Crippen molar-refractivity contribution in [2.75, 3.05) is 11.5 Å². The summed E-state index contributed by atoms with van der Waals surface area (Å²) in [5, 5.41) is 11.4. The number of anilines is 1. The molecule has 8 rings (SSSR count). The maximum absolute atomic E-state index is 15.2. The molecule has 1 unspecified atom stereocenters. The Balaban J connectivity index is 1.27. The molecule has 1 amide bonds. The van der Waals surface area contributed by atoms with Crippen LogP contribution in [0, 0.1) is 34.6 Å². The van der Waals surface area contributed by atoms with Gasteiger partial charge in [0.1, 0.15) is 16.9 Å². The Morgan fingerprint density at radius 3 is 2.42 bits per heavy atom. The number of para-hydroxylation sites is 1. The van der Waals surface area contributed by atoms with Gasteiger partial charge in [-0.1, -0.05) is 46.6 Å². The van der Waals surface area contributed by atoms with Crippen molar-refractivity contribution < 1.29 is 14.1 Å². The summed E-state index contributed by atoms with van der Waals surface area (Å²) in [7, 11) is 3.93. The van der Waals surface area contributed by atoms with Crippen LogP contribution < -0.4 is 9.64 Å². The van der Waals surface area contributed by atoms with E-state index in [9.17, 15) is 0 Å². The first-order chi connectivity index (χ1) is 25.3. The number of carbonyl (C=O) groups is 1. The normalized spacial score (nSPS) is 16.0. The molecular weight excluding hydrogens is 709 g/mol. The summed E-state index contributed by atoms with van der Waals surface area (Å²) in [5.74, 6) is 1.60. The van der Waals surface area contributed by atoms with Gasteiger partial charge >= 0.3 is 0 Å². The smallest absolute Gasteiger partial charge is 0.276 e. The van der Waals surface area contributed by atoms with Crippen molar-refractivity contribution in [3.05, 3.63) is 99.3 Å². The highest BCUT2D eigenvalue weighted by Gasteiger charge is 2.42. The molecule has 1 aliphatic rings. The monoisotopic (exact) mass is 749 g/mol. The Labute approximate surface area is 317 Å². The minimum Gasteiger partial charge on any atom is -0.494 e. The molecular formula is C41H41Cl2N7O3. The molecule has 4 aromatic heterocycles. The Bertz CT molecular complexity index is 2570. The van der Waals surface area contributed by atoms with E-state index in [-0.39, 0.29) is 11.9 Å². The Morgan fingerprint density at radius 2 is 1.74 bits per heavy atom. The van der Waals surface area contributed by atoms with Gasteiger partial charge in [0.15, 0.2) is 5.82 Å². The second kappa shape index (κ2) is 13.1. The van der Waals surface area contributed by atoms with Crippen LogP contribution in [0.2, 0.25) is 5.02 Å². The molecule has 0 fully saturated rings. The summed E-state index contributed by atoms with van der Waals surface area (Å²) in [6.07, 6.45) is 3.28. The van der Waals surface area contributed by atoms with E-state index in [2.05, 4.69) is 46.8 Å². The predicted molar refractivity (Wildman–Crippen MR) is 210 cm³/mol. The number of ether oxygens (including phenoxy) is 1. The van der Waals surface area contributed by atoms with Crippen LogP contribution in [0.25, 0.3) is 44.4 Å². The minimum atomic E-state index is -0.692. The van der Waals surface area contributed by atoms with Gasteiger partial charge in [-0.15, -0.1) is 0 Å². The van der Waals surface area contributed by atoms with Gasteiger partial charge in [0.2, 0.25) is 0 Å². The Hall–Kier alpha value is -5.06. The Morgan fingerprint density at radius 1 is 0.981 bits per heavy atom. The van der Waals surface area contributed by atoms with Gasteiger partial charge in [0, 0.05) is 64.0 Å². The summed E-state index contributed by atoms with van der Waals surface area (Å²) >= 11 is 13.9. The first-order valence-corrected chi connectivity index (χ1v) is 18.6. The number of alkyl halides is 1. The molecule has 0 saturated carbocycles. The largest absolute Gasteiger partial charge is 0.494 e. The quantitative estimate of drug-likeness (QED) is 0.0873. The third-order valence-electron chi connectivity index (χ3n) is 10.6. The van der Waals surface area contributed by atoms with Gasteiger partial charge in [-0.25, -0.2) is 0 Å². The van der Waals surface area contributed by atoms with E-state index < -0.39 is 5.50 Å². The van der Waals surface area contributed by atoms with Gasteiger partial charge < -0.3 is 18.4 Å². The first kappa shape index (κ1) is 35.0. The highest BCUT2D eigenvalue weighted by molar-refractivity contribution is 6.32. The standard InChI is InChI=1S/C41H41Cl2N7O3/c1-21-17-28(18-22(2)36(21)42)52-16-10-13-30-29-11-9-12-31(35-23(3)45-48(8)24(35)4)37(29)49-25(5)39(43)50(41(51)38(30)49)34-20-47(7)33-15-14-27(19-32(33)34)40-44-26(6)46-53-40/h9,11-12,14-15,17-20,25,39H,10,13,16H2,1-8H3/t25?,39-/m0/s1. The topological polar surface area (TPSA) is 96.1 Å². The van der Waals surface area contributed by atoms with Crippen molar-refractivity contribution in [1.29, 1.82) is 0 Å². The number of fused-ring (bicyclic) bond motifs is 4. The molecule has 0 aliphatic carbocycles. The van der Waals surface area contributed by atoms with Crippen LogP contribution in [0.15, 0.2) is 59.3 Å². The Kier molecular flexibility index (Phi) is 8.65. The van der Waals surface area contributed by atoms with E-state index in [1.54, 1.807) is 11.8 Å². The summed E-state index contributed by atoms with van der Waals surface area (Å²) in [5.41, 5.74) is 10.4. The molecule has 0 N–H and O–H groups in total. The molecule has 0 saturated heterocycles. The van der Waals surface area contributed by atoms with E-state index in [1.165, 1.54) is 0 Å². The van der Waals surface area contributed by atoms with Crippen LogP contribution >= 0.6 is 23.2 Å². The lowest BCUT2D eigenvalue weighted by Gasteiger charge is -2.38. The highest BCUT2D eigenvalue weighted by atomic mass is 35.5. The highest BCUT2D eigenvalue weighted by Crippen LogP contribution is 2.46. The van der Waals surface area contributed by atoms with Crippen molar-refractivity contribution in [2.24, 2.45) is 14.1 Å². The number of nitrogens with zero attached hydrogens (tertiary/aromatic N) is 7. The molecule has 10 nitrogen and oxygen atoms in total. The number of hydrogen-bond acceptors (Lipinski definition) is 6. The van der Waals surface area contributed by atoms with Crippen molar-refractivity contribution in [3.63, 3.8) is 0 Å². The molecule has 1 aliphatic heterocycles. The summed E-state index contributed by atoms with van der Waals surface area (Å²) in [6.45, 7) is 12.4. The molecule has 272 valence electrons. The SMILES string of the molecule is Cc1noc(-c2ccc3c(c2)c(N2C(=O)c4c(CCCOc5cc(C)c(Cl)c(C)c5)c5cccc(-c6c(C)nn(C)c6C)c5n4C(C)[C@H]2Cl)cn3C)n1. The molecule has 0 spiro atoms. The number of benzene rings is 3. The zero-order valence-electron chi connectivity index (χ0n) is 31.1. The number of carbonyl (C=O) groups excluding carboxylic acids is 1. The zero-order valence-corrected chi connectivity index (χ0v) is 32.6. The van der Waals surface area contributed by atoms with Crippen molar-refractivity contribution in [1.82, 2.24) is 29.1 Å². The zero-order chi connectivity index (χ0) is 37.5. The number of aromatic nitrogens is 6. The van der Waals surface area contributed by atoms with Gasteiger partial charge in [0.25, 0.3) is 11.8 Å². The lowest BCUT2D eigenvalue weighted by atomic mass is 9.98. The minimum absolute atomic E-state index is 0.156. The molecule has 12 heteroatoms. The predicted octanol–water partition coefficient (Wildman–Crippen LogP) is 9.58. The first-order valence-electron chi connectivity index (χ1n) is 17.8. The van der Waals surface area contributed by atoms with Crippen LogP contribution in [0.4, 0.5) is 5.69 Å². The van der Waals surface area contributed by atoms with Gasteiger partial charge in [0.05, 0.1) is 29.5 Å². The summed E-state index contributed by atoms with van der Waals surface area (Å²) in [6, 6.07) is 15.9. The molecule has 3 aromatic carbocycles. The number of hydrogen-bond donors (Lipinski definition) is 0. The lowest BCUT2D eigenvalue weighted by Crippen LogP contribution is -2.47. The lowest BCUT2D eigenvalue weighted by molar-refractivity contribution is 0.0951. The fraction of sp³-hybridized carbons (Fsp3) is 0.317. The number of halogens is 2. The van der Waals surface area contributed by atoms with Gasteiger partial charge in [-0.2, -0.15) is 10.1 Å². The maximum atomic E-state index is 15.2. The fourth-order valence-electron chi connectivity index (χ4n) is 8.04. The van der Waals surface area contributed by atoms with Crippen LogP contribution in [0.3, 0.4) is 0 Å². The molecule has 0 radical (unpaired) electrons. The fourth-order valence-corrected chi connectivity index (χ4v) is 8.45. The van der Waals surface area contributed by atoms with Gasteiger partial charge in [-0.05, 0) is 101 Å². The third kappa shape index (κ3) is 5.61. The molecule has 2 atom stereocenters. The van der Waals surface area contributed by atoms with Crippen molar-refractivity contribution in [2.45, 2.75) is 65.9 Å². The maximum Gasteiger partial charge on any atom is 0.276 e. The average molecular weight is 751 g/mol. The third-order valence-corrected chi connectivity index (χ3v) is 11.8. The van der Waals surface area contributed by atoms with E-state index in [1.807, 2.05) is 80.6 Å². The number of rotatable bonds is 8. The average Bonchev–Trinajstić information content (AvgIpc) is 3.87.